The summed E-state index contributed by atoms with van der Waals surface area (Å²) in [6, 6.07) is 15.4. The highest BCUT2D eigenvalue weighted by Crippen LogP contribution is 2.37. The van der Waals surface area contributed by atoms with Crippen LogP contribution in [-0.4, -0.2) is 31.0 Å². The Bertz CT molecular complexity index is 1320. The number of ether oxygens (including phenoxy) is 2. The Kier molecular flexibility index (Phi) is 10.2. The minimum absolute atomic E-state index is 0.208. The third-order valence-electron chi connectivity index (χ3n) is 4.69. The predicted molar refractivity (Wildman–Crippen MR) is 152 cm³/mol. The maximum absolute atomic E-state index is 12.1. The number of hydrogen-bond acceptors (Lipinski definition) is 6. The largest absolute Gasteiger partial charge is 0.496 e. The van der Waals surface area contributed by atoms with Gasteiger partial charge in [-0.15, -0.1) is 0 Å². The van der Waals surface area contributed by atoms with Gasteiger partial charge in [0.1, 0.15) is 18.1 Å². The van der Waals surface area contributed by atoms with E-state index in [1.54, 1.807) is 49.6 Å². The van der Waals surface area contributed by atoms with E-state index in [4.69, 9.17) is 9.47 Å². The molecule has 3 N–H and O–H groups in total. The van der Waals surface area contributed by atoms with E-state index in [2.05, 4.69) is 69.0 Å². The van der Waals surface area contributed by atoms with Gasteiger partial charge in [0.05, 0.1) is 22.3 Å². The number of hydrogen-bond donors (Lipinski definition) is 3. The van der Waals surface area contributed by atoms with E-state index in [0.29, 0.717) is 28.4 Å². The minimum Gasteiger partial charge on any atom is -0.496 e. The van der Waals surface area contributed by atoms with Gasteiger partial charge in [0.15, 0.2) is 0 Å². The van der Waals surface area contributed by atoms with E-state index in [9.17, 15) is 14.4 Å². The average Bonchev–Trinajstić information content (AvgIpc) is 2.84. The summed E-state index contributed by atoms with van der Waals surface area (Å²) in [6.45, 7) is 1.60. The molecule has 3 amide bonds. The second kappa shape index (κ2) is 13.4. The van der Waals surface area contributed by atoms with Crippen LogP contribution in [0.25, 0.3) is 0 Å². The second-order valence-electron chi connectivity index (χ2n) is 7.47. The van der Waals surface area contributed by atoms with Gasteiger partial charge in [-0.1, -0.05) is 15.9 Å². The van der Waals surface area contributed by atoms with Crippen LogP contribution in [0.3, 0.4) is 0 Å². The number of benzene rings is 3. The third kappa shape index (κ3) is 8.41. The zero-order valence-corrected chi connectivity index (χ0v) is 24.4. The lowest BCUT2D eigenvalue weighted by Gasteiger charge is -2.13. The van der Waals surface area contributed by atoms with Crippen LogP contribution >= 0.6 is 47.8 Å². The number of amides is 3. The van der Waals surface area contributed by atoms with Crippen LogP contribution in [0.5, 0.6) is 11.5 Å². The maximum atomic E-state index is 12.1. The first-order valence-corrected chi connectivity index (χ1v) is 13.0. The van der Waals surface area contributed by atoms with Crippen LogP contribution < -0.4 is 25.5 Å². The molecule has 0 unspecified atom stereocenters. The number of carbonyl (C=O) groups is 3. The Morgan fingerprint density at radius 1 is 0.892 bits per heavy atom. The lowest BCUT2D eigenvalue weighted by atomic mass is 10.1. The molecule has 9 nitrogen and oxygen atoms in total. The van der Waals surface area contributed by atoms with E-state index >= 15 is 0 Å². The van der Waals surface area contributed by atoms with Crippen LogP contribution in [-0.2, 0) is 21.0 Å². The average molecular weight is 697 g/mol. The fourth-order valence-electron chi connectivity index (χ4n) is 3.05. The van der Waals surface area contributed by atoms with Crippen LogP contribution in [0.1, 0.15) is 18.1 Å². The van der Waals surface area contributed by atoms with Gasteiger partial charge in [0.2, 0.25) is 5.91 Å². The summed E-state index contributed by atoms with van der Waals surface area (Å²) in [4.78, 5) is 35.3. The van der Waals surface area contributed by atoms with Crippen molar-refractivity contribution in [3.05, 3.63) is 79.1 Å². The van der Waals surface area contributed by atoms with Crippen molar-refractivity contribution in [2.45, 2.75) is 13.5 Å². The van der Waals surface area contributed by atoms with E-state index in [0.717, 1.165) is 19.0 Å². The Labute approximate surface area is 238 Å². The zero-order chi connectivity index (χ0) is 26.9. The lowest BCUT2D eigenvalue weighted by molar-refractivity contribution is -0.136. The van der Waals surface area contributed by atoms with Gasteiger partial charge < -0.3 is 20.1 Å². The molecule has 37 heavy (non-hydrogen) atoms. The summed E-state index contributed by atoms with van der Waals surface area (Å²) in [7, 11) is 1.56. The summed E-state index contributed by atoms with van der Waals surface area (Å²) < 4.78 is 13.8. The Balaban J connectivity index is 1.60. The molecule has 0 aliphatic carbocycles. The molecule has 0 atom stereocenters. The van der Waals surface area contributed by atoms with Crippen molar-refractivity contribution in [1.29, 1.82) is 0 Å². The number of rotatable bonds is 8. The van der Waals surface area contributed by atoms with Crippen LogP contribution in [0.2, 0.25) is 0 Å². The first-order chi connectivity index (χ1) is 17.7. The van der Waals surface area contributed by atoms with Crippen molar-refractivity contribution < 1.29 is 23.9 Å². The fourth-order valence-corrected chi connectivity index (χ4v) is 5.54. The lowest BCUT2D eigenvalue weighted by Crippen LogP contribution is -2.32. The Hall–Kier alpha value is -3.22. The maximum Gasteiger partial charge on any atom is 0.329 e. The van der Waals surface area contributed by atoms with E-state index in [-0.39, 0.29) is 12.5 Å². The molecule has 192 valence electrons. The SMILES string of the molecule is COc1ccc(/C=N/NC(=O)C(=O)Nc2ccc(NC(C)=O)cc2)cc1COc1c(Br)cc(Br)cc1Br. The summed E-state index contributed by atoms with van der Waals surface area (Å²) >= 11 is 10.4. The molecular weight excluding hydrogens is 676 g/mol. The van der Waals surface area contributed by atoms with Gasteiger partial charge in [-0.25, -0.2) is 5.43 Å². The number of nitrogens with zero attached hydrogens (tertiary/aromatic N) is 1. The molecule has 0 saturated heterocycles. The number of halogens is 3. The Morgan fingerprint density at radius 2 is 1.51 bits per heavy atom. The molecule has 0 bridgehead atoms. The molecule has 0 aromatic heterocycles. The van der Waals surface area contributed by atoms with Crippen molar-refractivity contribution in [2.24, 2.45) is 5.10 Å². The normalized spacial score (nSPS) is 10.6. The topological polar surface area (TPSA) is 118 Å². The van der Waals surface area contributed by atoms with Crippen molar-refractivity contribution in [3.63, 3.8) is 0 Å². The first-order valence-electron chi connectivity index (χ1n) is 10.6. The first kappa shape index (κ1) is 28.4. The molecule has 3 rings (SSSR count). The summed E-state index contributed by atoms with van der Waals surface area (Å²) in [5.41, 5.74) is 4.56. The molecule has 3 aromatic rings. The fraction of sp³-hybridized carbons (Fsp3) is 0.120. The summed E-state index contributed by atoms with van der Waals surface area (Å²) in [6.07, 6.45) is 1.40. The van der Waals surface area contributed by atoms with Gasteiger partial charge in [-0.05, 0) is 92.0 Å². The molecule has 0 radical (unpaired) electrons. The Morgan fingerprint density at radius 3 is 2.11 bits per heavy atom. The van der Waals surface area contributed by atoms with Gasteiger partial charge >= 0.3 is 11.8 Å². The number of nitrogens with one attached hydrogen (secondary N) is 3. The van der Waals surface area contributed by atoms with E-state index in [1.807, 2.05) is 12.1 Å². The summed E-state index contributed by atoms with van der Waals surface area (Å²) in [5.74, 6) is -0.791. The molecule has 0 fully saturated rings. The highest BCUT2D eigenvalue weighted by molar-refractivity contribution is 9.11. The molecule has 0 spiro atoms. The van der Waals surface area contributed by atoms with Gasteiger partial charge in [-0.2, -0.15) is 5.10 Å². The van der Waals surface area contributed by atoms with E-state index in [1.165, 1.54) is 13.1 Å². The number of hydrazone groups is 1. The number of carbonyl (C=O) groups excluding carboxylic acids is 3. The van der Waals surface area contributed by atoms with Gasteiger partial charge in [0, 0.05) is 28.3 Å². The van der Waals surface area contributed by atoms with Crippen LogP contribution in [0, 0.1) is 0 Å². The minimum atomic E-state index is -0.941. The van der Waals surface area contributed by atoms with Crippen LogP contribution in [0.15, 0.2) is 73.1 Å². The molecule has 0 heterocycles. The second-order valence-corrected chi connectivity index (χ2v) is 10.1. The van der Waals surface area contributed by atoms with Crippen molar-refractivity contribution in [3.8, 4) is 11.5 Å². The van der Waals surface area contributed by atoms with Crippen molar-refractivity contribution in [1.82, 2.24) is 5.43 Å². The molecule has 0 saturated carbocycles. The summed E-state index contributed by atoms with van der Waals surface area (Å²) in [5, 5.41) is 8.94. The molecule has 0 aliphatic rings. The number of anilines is 2. The number of methoxy groups -OCH3 is 1. The quantitative estimate of drug-likeness (QED) is 0.161. The van der Waals surface area contributed by atoms with E-state index < -0.39 is 11.8 Å². The molecule has 3 aromatic carbocycles. The van der Waals surface area contributed by atoms with Crippen molar-refractivity contribution in [2.75, 3.05) is 17.7 Å². The smallest absolute Gasteiger partial charge is 0.329 e. The highest BCUT2D eigenvalue weighted by atomic mass is 79.9. The monoisotopic (exact) mass is 694 g/mol. The standard InChI is InChI=1S/C25H21Br3N4O5/c1-14(33)30-18-4-6-19(7-5-18)31-24(34)25(35)32-29-12-15-3-8-22(36-2)16(9-15)13-37-23-20(27)10-17(26)11-21(23)28/h3-12H,13H2,1-2H3,(H,30,33)(H,31,34)(H,32,35)/b29-12+. The van der Waals surface area contributed by atoms with Gasteiger partial charge in [0.25, 0.3) is 0 Å². The molecular formula is C25H21Br3N4O5. The predicted octanol–water partition coefficient (Wildman–Crippen LogP) is 5.61. The van der Waals surface area contributed by atoms with Crippen LogP contribution in [0.4, 0.5) is 11.4 Å². The highest BCUT2D eigenvalue weighted by Gasteiger charge is 2.14. The third-order valence-corrected chi connectivity index (χ3v) is 6.32. The zero-order valence-electron chi connectivity index (χ0n) is 19.6. The molecule has 0 aliphatic heterocycles. The van der Waals surface area contributed by atoms with Gasteiger partial charge in [-0.3, -0.25) is 14.4 Å². The molecule has 12 heteroatoms. The van der Waals surface area contributed by atoms with Crippen molar-refractivity contribution >= 4 is 83.1 Å².